The van der Waals surface area contributed by atoms with Crippen molar-refractivity contribution in [3.63, 3.8) is 0 Å². The summed E-state index contributed by atoms with van der Waals surface area (Å²) in [6.07, 6.45) is -3.60. The van der Waals surface area contributed by atoms with Gasteiger partial charge >= 0.3 is 12.3 Å². The number of halogens is 4. The molecule has 0 saturated carbocycles. The van der Waals surface area contributed by atoms with Gasteiger partial charge in [-0.1, -0.05) is 11.6 Å². The molecule has 1 heterocycles. The number of carbonyl (C=O) groups is 1. The van der Waals surface area contributed by atoms with Crippen molar-refractivity contribution in [1.29, 1.82) is 0 Å². The first-order valence-corrected chi connectivity index (χ1v) is 8.45. The number of ether oxygens (including phenoxy) is 1. The number of nitrogens with one attached hydrogen (secondary N) is 1. The van der Waals surface area contributed by atoms with Gasteiger partial charge in [0.25, 0.3) is 0 Å². The van der Waals surface area contributed by atoms with Crippen molar-refractivity contribution in [1.82, 2.24) is 4.90 Å². The summed E-state index contributed by atoms with van der Waals surface area (Å²) in [6, 6.07) is 3.77. The van der Waals surface area contributed by atoms with E-state index < -0.39 is 17.3 Å². The fourth-order valence-electron chi connectivity index (χ4n) is 2.60. The minimum absolute atomic E-state index is 0.0130. The summed E-state index contributed by atoms with van der Waals surface area (Å²) >= 11 is 5.62. The molecule has 1 N–H and O–H groups in total. The Bertz CT molecular complexity index is 621. The van der Waals surface area contributed by atoms with Crippen molar-refractivity contribution in [3.8, 4) is 0 Å². The smallest absolute Gasteiger partial charge is 0.417 e. The number of piperidine rings is 1. The average molecular weight is 379 g/mol. The normalized spacial score (nSPS) is 16.7. The second kappa shape index (κ2) is 7.32. The predicted molar refractivity (Wildman–Crippen MR) is 90.9 cm³/mol. The number of amides is 1. The Labute approximate surface area is 150 Å². The molecule has 0 unspecified atom stereocenters. The van der Waals surface area contributed by atoms with Crippen LogP contribution in [0.1, 0.15) is 39.2 Å². The zero-order valence-electron chi connectivity index (χ0n) is 14.4. The van der Waals surface area contributed by atoms with Crippen LogP contribution in [0.4, 0.5) is 23.7 Å². The van der Waals surface area contributed by atoms with E-state index in [1.165, 1.54) is 12.1 Å². The van der Waals surface area contributed by atoms with Crippen LogP contribution in [0.5, 0.6) is 0 Å². The Morgan fingerprint density at radius 1 is 1.24 bits per heavy atom. The fraction of sp³-hybridized carbons (Fsp3) is 0.588. The highest BCUT2D eigenvalue weighted by Gasteiger charge is 2.33. The summed E-state index contributed by atoms with van der Waals surface area (Å²) in [5, 5.41) is 2.77. The van der Waals surface area contributed by atoms with Gasteiger partial charge in [0.05, 0.1) is 10.6 Å². The SMILES string of the molecule is CC(C)(C)OC(=O)N1CCC(Nc2ccc(Cl)c(C(F)(F)F)c2)CC1. The lowest BCUT2D eigenvalue weighted by Gasteiger charge is -2.34. The third-order valence-electron chi connectivity index (χ3n) is 3.79. The van der Waals surface area contributed by atoms with Gasteiger partial charge in [-0.05, 0) is 51.8 Å². The minimum atomic E-state index is -4.49. The highest BCUT2D eigenvalue weighted by molar-refractivity contribution is 6.31. The zero-order chi connectivity index (χ0) is 18.8. The molecule has 0 atom stereocenters. The molecule has 140 valence electrons. The maximum Gasteiger partial charge on any atom is 0.417 e. The average Bonchev–Trinajstić information content (AvgIpc) is 2.47. The van der Waals surface area contributed by atoms with Crippen LogP contribution in [-0.4, -0.2) is 35.7 Å². The number of likely N-dealkylation sites (tertiary alicyclic amines) is 1. The first-order chi connectivity index (χ1) is 11.5. The zero-order valence-corrected chi connectivity index (χ0v) is 15.2. The molecule has 1 aromatic rings. The number of alkyl halides is 3. The van der Waals surface area contributed by atoms with Crippen LogP contribution < -0.4 is 5.32 Å². The summed E-state index contributed by atoms with van der Waals surface area (Å²) in [5.74, 6) is 0. The third-order valence-corrected chi connectivity index (χ3v) is 4.12. The van der Waals surface area contributed by atoms with Crippen molar-refractivity contribution in [2.24, 2.45) is 0 Å². The van der Waals surface area contributed by atoms with Crippen molar-refractivity contribution in [3.05, 3.63) is 28.8 Å². The standard InChI is InChI=1S/C17H22ClF3N2O2/c1-16(2,3)25-15(24)23-8-6-11(7-9-23)22-12-4-5-14(18)13(10-12)17(19,20)21/h4-5,10-11,22H,6-9H2,1-3H3. The van der Waals surface area contributed by atoms with E-state index in [1.54, 1.807) is 25.7 Å². The molecular weight excluding hydrogens is 357 g/mol. The van der Waals surface area contributed by atoms with Gasteiger partial charge in [-0.3, -0.25) is 0 Å². The van der Waals surface area contributed by atoms with Crippen LogP contribution in [0.25, 0.3) is 0 Å². The largest absolute Gasteiger partial charge is 0.444 e. The highest BCUT2D eigenvalue weighted by atomic mass is 35.5. The Morgan fingerprint density at radius 2 is 1.84 bits per heavy atom. The van der Waals surface area contributed by atoms with E-state index in [-0.39, 0.29) is 17.2 Å². The van der Waals surface area contributed by atoms with Crippen LogP contribution >= 0.6 is 11.6 Å². The van der Waals surface area contributed by atoms with Crippen LogP contribution in [0.3, 0.4) is 0 Å². The number of rotatable bonds is 2. The van der Waals surface area contributed by atoms with E-state index in [0.717, 1.165) is 6.07 Å². The molecule has 1 fully saturated rings. The second-order valence-electron chi connectivity index (χ2n) is 7.08. The van der Waals surface area contributed by atoms with E-state index in [0.29, 0.717) is 31.6 Å². The van der Waals surface area contributed by atoms with E-state index in [2.05, 4.69) is 5.32 Å². The van der Waals surface area contributed by atoms with Gasteiger partial charge in [0, 0.05) is 24.8 Å². The Balaban J connectivity index is 1.93. The summed E-state index contributed by atoms with van der Waals surface area (Å²) in [6.45, 7) is 6.40. The first-order valence-electron chi connectivity index (χ1n) is 8.07. The quantitative estimate of drug-likeness (QED) is 0.771. The molecule has 1 amide bonds. The lowest BCUT2D eigenvalue weighted by atomic mass is 10.0. The summed E-state index contributed by atoms with van der Waals surface area (Å²) < 4.78 is 44.1. The number of hydrogen-bond acceptors (Lipinski definition) is 3. The lowest BCUT2D eigenvalue weighted by Crippen LogP contribution is -2.44. The maximum atomic E-state index is 12.9. The number of benzene rings is 1. The van der Waals surface area contributed by atoms with Crippen LogP contribution in [0, 0.1) is 0 Å². The number of carbonyl (C=O) groups excluding carboxylic acids is 1. The summed E-state index contributed by atoms with van der Waals surface area (Å²) in [5.41, 5.74) is -1.04. The molecule has 0 bridgehead atoms. The minimum Gasteiger partial charge on any atom is -0.444 e. The van der Waals surface area contributed by atoms with Gasteiger partial charge < -0.3 is 15.0 Å². The van der Waals surface area contributed by atoms with Gasteiger partial charge in [-0.25, -0.2) is 4.79 Å². The summed E-state index contributed by atoms with van der Waals surface area (Å²) in [4.78, 5) is 13.6. The molecular formula is C17H22ClF3N2O2. The Morgan fingerprint density at radius 3 is 2.36 bits per heavy atom. The molecule has 8 heteroatoms. The van der Waals surface area contributed by atoms with E-state index >= 15 is 0 Å². The van der Waals surface area contributed by atoms with E-state index in [9.17, 15) is 18.0 Å². The fourth-order valence-corrected chi connectivity index (χ4v) is 2.83. The van der Waals surface area contributed by atoms with Crippen LogP contribution in [0.2, 0.25) is 5.02 Å². The van der Waals surface area contributed by atoms with Gasteiger partial charge in [0.1, 0.15) is 5.60 Å². The molecule has 1 aliphatic heterocycles. The maximum absolute atomic E-state index is 12.9. The van der Waals surface area contributed by atoms with Crippen molar-refractivity contribution in [2.45, 2.75) is 51.4 Å². The molecule has 0 aliphatic carbocycles. The topological polar surface area (TPSA) is 41.6 Å². The predicted octanol–water partition coefficient (Wildman–Crippen LogP) is 5.17. The molecule has 0 spiro atoms. The van der Waals surface area contributed by atoms with E-state index in [1.807, 2.05) is 0 Å². The number of nitrogens with zero attached hydrogens (tertiary/aromatic N) is 1. The van der Waals surface area contributed by atoms with Gasteiger partial charge in [0.2, 0.25) is 0 Å². The molecule has 4 nitrogen and oxygen atoms in total. The molecule has 2 rings (SSSR count). The van der Waals surface area contributed by atoms with Gasteiger partial charge in [-0.2, -0.15) is 13.2 Å². The Hall–Kier alpha value is -1.63. The number of hydrogen-bond donors (Lipinski definition) is 1. The molecule has 1 saturated heterocycles. The Kier molecular flexibility index (Phi) is 5.76. The van der Waals surface area contributed by atoms with E-state index in [4.69, 9.17) is 16.3 Å². The second-order valence-corrected chi connectivity index (χ2v) is 7.49. The van der Waals surface area contributed by atoms with Crippen LogP contribution in [-0.2, 0) is 10.9 Å². The highest BCUT2D eigenvalue weighted by Crippen LogP contribution is 2.36. The molecule has 25 heavy (non-hydrogen) atoms. The molecule has 0 aromatic heterocycles. The third kappa shape index (κ3) is 5.70. The molecule has 1 aromatic carbocycles. The number of anilines is 1. The van der Waals surface area contributed by atoms with Crippen LogP contribution in [0.15, 0.2) is 18.2 Å². The monoisotopic (exact) mass is 378 g/mol. The molecule has 1 aliphatic rings. The van der Waals surface area contributed by atoms with Gasteiger partial charge in [0.15, 0.2) is 0 Å². The van der Waals surface area contributed by atoms with Crippen molar-refractivity contribution in [2.75, 3.05) is 18.4 Å². The van der Waals surface area contributed by atoms with Crippen molar-refractivity contribution >= 4 is 23.4 Å². The summed E-state index contributed by atoms with van der Waals surface area (Å²) in [7, 11) is 0. The lowest BCUT2D eigenvalue weighted by molar-refractivity contribution is -0.137. The first kappa shape index (κ1) is 19.7. The molecule has 0 radical (unpaired) electrons. The van der Waals surface area contributed by atoms with Gasteiger partial charge in [-0.15, -0.1) is 0 Å². The van der Waals surface area contributed by atoms with Crippen molar-refractivity contribution < 1.29 is 22.7 Å².